The van der Waals surface area contributed by atoms with Crippen LogP contribution in [0.5, 0.6) is 11.5 Å². The van der Waals surface area contributed by atoms with E-state index in [-0.39, 0.29) is 12.5 Å². The zero-order valence-electron chi connectivity index (χ0n) is 10.2. The molecule has 5 nitrogen and oxygen atoms in total. The Morgan fingerprint density at radius 3 is 2.76 bits per heavy atom. The average Bonchev–Trinajstić information content (AvgIpc) is 2.35. The number of nitrogens with one attached hydrogen (secondary N) is 1. The molecule has 0 saturated heterocycles. The maximum absolute atomic E-state index is 11.3. The minimum Gasteiger partial charge on any atom is -0.496 e. The largest absolute Gasteiger partial charge is 0.496 e. The summed E-state index contributed by atoms with van der Waals surface area (Å²) in [7, 11) is 1.60. The Morgan fingerprint density at radius 1 is 1.41 bits per heavy atom. The van der Waals surface area contributed by atoms with E-state index in [9.17, 15) is 4.79 Å². The van der Waals surface area contributed by atoms with E-state index in [4.69, 9.17) is 15.2 Å². The molecule has 0 aliphatic rings. The summed E-state index contributed by atoms with van der Waals surface area (Å²) in [5.41, 5.74) is 6.15. The fourth-order valence-corrected chi connectivity index (χ4v) is 1.38. The monoisotopic (exact) mass is 238 g/mol. The van der Waals surface area contributed by atoms with Crippen LogP contribution >= 0.6 is 0 Å². The fourth-order valence-electron chi connectivity index (χ4n) is 1.38. The summed E-state index contributed by atoms with van der Waals surface area (Å²) < 4.78 is 10.6. The van der Waals surface area contributed by atoms with Gasteiger partial charge in [-0.1, -0.05) is 6.07 Å². The molecule has 0 saturated carbocycles. The third-order valence-electron chi connectivity index (χ3n) is 2.28. The smallest absolute Gasteiger partial charge is 0.257 e. The number of hydrogen-bond acceptors (Lipinski definition) is 4. The van der Waals surface area contributed by atoms with Crippen molar-refractivity contribution in [2.24, 2.45) is 5.73 Å². The number of benzene rings is 1. The van der Waals surface area contributed by atoms with Crippen molar-refractivity contribution in [3.05, 3.63) is 23.8 Å². The van der Waals surface area contributed by atoms with Gasteiger partial charge in [0.25, 0.3) is 5.91 Å². The Balaban J connectivity index is 2.54. The van der Waals surface area contributed by atoms with Gasteiger partial charge in [0.05, 0.1) is 7.11 Å². The van der Waals surface area contributed by atoms with Gasteiger partial charge in [-0.15, -0.1) is 0 Å². The first-order valence-electron chi connectivity index (χ1n) is 5.42. The summed E-state index contributed by atoms with van der Waals surface area (Å²) in [5.74, 6) is 1.20. The van der Waals surface area contributed by atoms with Gasteiger partial charge < -0.3 is 20.5 Å². The number of nitrogens with two attached hydrogens (primary N) is 1. The lowest BCUT2D eigenvalue weighted by atomic mass is 10.2. The summed E-state index contributed by atoms with van der Waals surface area (Å²) in [6.07, 6.45) is 0. The number of amides is 1. The van der Waals surface area contributed by atoms with E-state index >= 15 is 0 Å². The molecule has 1 amide bonds. The van der Waals surface area contributed by atoms with Crippen molar-refractivity contribution in [3.63, 3.8) is 0 Å². The van der Waals surface area contributed by atoms with Crippen LogP contribution in [0.2, 0.25) is 0 Å². The summed E-state index contributed by atoms with van der Waals surface area (Å²) in [5, 5.41) is 2.63. The van der Waals surface area contributed by atoms with Crippen LogP contribution in [0.25, 0.3) is 0 Å². The van der Waals surface area contributed by atoms with E-state index < -0.39 is 0 Å². The van der Waals surface area contributed by atoms with Crippen molar-refractivity contribution in [2.45, 2.75) is 6.92 Å². The van der Waals surface area contributed by atoms with Crippen LogP contribution in [0, 0.1) is 6.92 Å². The van der Waals surface area contributed by atoms with E-state index in [2.05, 4.69) is 5.32 Å². The molecule has 1 rings (SSSR count). The molecule has 0 aliphatic carbocycles. The highest BCUT2D eigenvalue weighted by molar-refractivity contribution is 5.77. The van der Waals surface area contributed by atoms with Gasteiger partial charge in [0.1, 0.15) is 11.5 Å². The number of methoxy groups -OCH3 is 1. The van der Waals surface area contributed by atoms with Gasteiger partial charge in [0.2, 0.25) is 0 Å². The predicted molar refractivity (Wildman–Crippen MR) is 65.3 cm³/mol. The number of ether oxygens (including phenoxy) is 2. The first kappa shape index (κ1) is 13.3. The van der Waals surface area contributed by atoms with Crippen LogP contribution in [0.3, 0.4) is 0 Å². The molecule has 0 heterocycles. The van der Waals surface area contributed by atoms with Gasteiger partial charge in [-0.05, 0) is 19.1 Å². The SMILES string of the molecule is COc1cccc(OCC(=O)NCCN)c1C. The quantitative estimate of drug-likeness (QED) is 0.755. The van der Waals surface area contributed by atoms with E-state index in [0.29, 0.717) is 18.8 Å². The fraction of sp³-hybridized carbons (Fsp3) is 0.417. The number of rotatable bonds is 6. The second kappa shape index (κ2) is 6.75. The van der Waals surface area contributed by atoms with Crippen molar-refractivity contribution < 1.29 is 14.3 Å². The van der Waals surface area contributed by atoms with Gasteiger partial charge in [0, 0.05) is 18.7 Å². The second-order valence-corrected chi connectivity index (χ2v) is 3.51. The lowest BCUT2D eigenvalue weighted by Crippen LogP contribution is -2.32. The zero-order chi connectivity index (χ0) is 12.7. The maximum Gasteiger partial charge on any atom is 0.257 e. The van der Waals surface area contributed by atoms with Crippen LogP contribution in [0.4, 0.5) is 0 Å². The van der Waals surface area contributed by atoms with Gasteiger partial charge in [0.15, 0.2) is 6.61 Å². The van der Waals surface area contributed by atoms with Gasteiger partial charge >= 0.3 is 0 Å². The van der Waals surface area contributed by atoms with Gasteiger partial charge in [-0.25, -0.2) is 0 Å². The molecule has 1 aromatic carbocycles. The highest BCUT2D eigenvalue weighted by Crippen LogP contribution is 2.26. The third kappa shape index (κ3) is 3.96. The number of hydrogen-bond donors (Lipinski definition) is 2. The molecule has 0 fully saturated rings. The Bertz CT molecular complexity index is 380. The van der Waals surface area contributed by atoms with Crippen LogP contribution in [0.1, 0.15) is 5.56 Å². The van der Waals surface area contributed by atoms with Crippen molar-refractivity contribution in [1.29, 1.82) is 0 Å². The van der Waals surface area contributed by atoms with Gasteiger partial charge in [-0.2, -0.15) is 0 Å². The van der Waals surface area contributed by atoms with Gasteiger partial charge in [-0.3, -0.25) is 4.79 Å². The van der Waals surface area contributed by atoms with Crippen molar-refractivity contribution in [2.75, 3.05) is 26.8 Å². The molecule has 5 heteroatoms. The molecule has 0 unspecified atom stereocenters. The Kier molecular flexibility index (Phi) is 5.29. The minimum atomic E-state index is -0.183. The molecule has 1 aromatic rings. The molecule has 17 heavy (non-hydrogen) atoms. The topological polar surface area (TPSA) is 73.6 Å². The van der Waals surface area contributed by atoms with Crippen LogP contribution in [-0.4, -0.2) is 32.7 Å². The molecule has 0 spiro atoms. The van der Waals surface area contributed by atoms with E-state index in [1.54, 1.807) is 13.2 Å². The molecule has 0 bridgehead atoms. The molecule has 0 radical (unpaired) electrons. The van der Waals surface area contributed by atoms with Crippen LogP contribution in [0.15, 0.2) is 18.2 Å². The Morgan fingerprint density at radius 2 is 2.12 bits per heavy atom. The zero-order valence-corrected chi connectivity index (χ0v) is 10.2. The summed E-state index contributed by atoms with van der Waals surface area (Å²) in [6, 6.07) is 5.46. The highest BCUT2D eigenvalue weighted by atomic mass is 16.5. The first-order valence-corrected chi connectivity index (χ1v) is 5.42. The third-order valence-corrected chi connectivity index (χ3v) is 2.28. The number of carbonyl (C=O) groups is 1. The predicted octanol–water partition coefficient (Wildman–Crippen LogP) is 0.457. The molecule has 3 N–H and O–H groups in total. The summed E-state index contributed by atoms with van der Waals surface area (Å²) in [6.45, 7) is 2.74. The van der Waals surface area contributed by atoms with Crippen molar-refractivity contribution in [1.82, 2.24) is 5.32 Å². The summed E-state index contributed by atoms with van der Waals surface area (Å²) in [4.78, 5) is 11.3. The molecule has 0 aromatic heterocycles. The Labute approximate surface area is 101 Å². The lowest BCUT2D eigenvalue weighted by molar-refractivity contribution is -0.123. The maximum atomic E-state index is 11.3. The molecule has 0 aliphatic heterocycles. The highest BCUT2D eigenvalue weighted by Gasteiger charge is 2.07. The normalized spacial score (nSPS) is 9.82. The first-order chi connectivity index (χ1) is 8.19. The van der Waals surface area contributed by atoms with Crippen molar-refractivity contribution in [3.8, 4) is 11.5 Å². The molecule has 0 atom stereocenters. The molecular weight excluding hydrogens is 220 g/mol. The second-order valence-electron chi connectivity index (χ2n) is 3.51. The van der Waals surface area contributed by atoms with Crippen molar-refractivity contribution >= 4 is 5.91 Å². The van der Waals surface area contributed by atoms with E-state index in [0.717, 1.165) is 11.3 Å². The molecule has 94 valence electrons. The lowest BCUT2D eigenvalue weighted by Gasteiger charge is -2.11. The standard InChI is InChI=1S/C12H18N2O3/c1-9-10(16-2)4-3-5-11(9)17-8-12(15)14-7-6-13/h3-5H,6-8,13H2,1-2H3,(H,14,15). The molecular formula is C12H18N2O3. The van der Waals surface area contributed by atoms with Crippen LogP contribution in [-0.2, 0) is 4.79 Å². The average molecular weight is 238 g/mol. The van der Waals surface area contributed by atoms with Crippen LogP contribution < -0.4 is 20.5 Å². The summed E-state index contributed by atoms with van der Waals surface area (Å²) >= 11 is 0. The number of carbonyl (C=O) groups excluding carboxylic acids is 1. The Hall–Kier alpha value is -1.75. The van der Waals surface area contributed by atoms with E-state index in [1.807, 2.05) is 19.1 Å². The minimum absolute atomic E-state index is 0.0198. The van der Waals surface area contributed by atoms with E-state index in [1.165, 1.54) is 0 Å².